The van der Waals surface area contributed by atoms with Gasteiger partial charge in [-0.05, 0) is 30.3 Å². The number of aromatic nitrogens is 2. The number of likely N-dealkylation sites (tertiary alicyclic amines) is 1. The van der Waals surface area contributed by atoms with Crippen LogP contribution < -0.4 is 0 Å². The fraction of sp³-hybridized carbons (Fsp3) is 0.769. The molecule has 0 aromatic carbocycles. The van der Waals surface area contributed by atoms with Crippen LogP contribution in [0.2, 0.25) is 0 Å². The van der Waals surface area contributed by atoms with E-state index in [-0.39, 0.29) is 11.3 Å². The van der Waals surface area contributed by atoms with E-state index in [9.17, 15) is 4.79 Å². The lowest BCUT2D eigenvalue weighted by atomic mass is 9.91. The Labute approximate surface area is 123 Å². The van der Waals surface area contributed by atoms with Gasteiger partial charge >= 0.3 is 0 Å². The Kier molecular flexibility index (Phi) is 4.46. The van der Waals surface area contributed by atoms with Crippen molar-refractivity contribution >= 4 is 29.0 Å². The molecule has 0 aliphatic carbocycles. The molecule has 1 amide bonds. The number of carbonyl (C=O) groups excluding carboxylic acids is 1. The van der Waals surface area contributed by atoms with Gasteiger partial charge in [-0.3, -0.25) is 4.79 Å². The van der Waals surface area contributed by atoms with Crippen LogP contribution in [0.4, 0.5) is 0 Å². The van der Waals surface area contributed by atoms with Crippen LogP contribution in [0, 0.1) is 5.92 Å². The van der Waals surface area contributed by atoms with Gasteiger partial charge in [-0.15, -0.1) is 16.7 Å². The third-order valence-corrected chi connectivity index (χ3v) is 4.42. The predicted octanol–water partition coefficient (Wildman–Crippen LogP) is 2.93. The first-order valence-electron chi connectivity index (χ1n) is 6.61. The summed E-state index contributed by atoms with van der Waals surface area (Å²) >= 11 is 6.98. The minimum absolute atomic E-state index is 0.0806. The molecule has 0 saturated carbocycles. The molecule has 1 aliphatic rings. The maximum absolute atomic E-state index is 12.5. The van der Waals surface area contributed by atoms with Crippen LogP contribution in [-0.2, 0) is 5.41 Å². The van der Waals surface area contributed by atoms with Crippen molar-refractivity contribution in [1.82, 2.24) is 14.5 Å². The Balaban J connectivity index is 2.11. The van der Waals surface area contributed by atoms with Gasteiger partial charge < -0.3 is 4.90 Å². The lowest BCUT2D eigenvalue weighted by molar-refractivity contribution is 0.0789. The molecule has 1 aromatic heterocycles. The van der Waals surface area contributed by atoms with Gasteiger partial charge in [0, 0.05) is 24.4 Å². The number of rotatable bonds is 3. The van der Waals surface area contributed by atoms with Crippen molar-refractivity contribution in [2.45, 2.75) is 39.0 Å². The van der Waals surface area contributed by atoms with E-state index in [4.69, 9.17) is 11.6 Å². The summed E-state index contributed by atoms with van der Waals surface area (Å²) in [6.07, 6.45) is 2.04. The highest BCUT2D eigenvalue weighted by molar-refractivity contribution is 7.08. The average molecular weight is 302 g/mol. The number of hydrogen-bond donors (Lipinski definition) is 0. The lowest BCUT2D eigenvalue weighted by Gasteiger charge is -2.20. The molecule has 1 saturated heterocycles. The van der Waals surface area contributed by atoms with Gasteiger partial charge in [-0.2, -0.15) is 0 Å². The van der Waals surface area contributed by atoms with E-state index in [2.05, 4.69) is 30.4 Å². The summed E-state index contributed by atoms with van der Waals surface area (Å²) in [5.74, 6) is 1.29. The first kappa shape index (κ1) is 14.7. The molecule has 0 N–H and O–H groups in total. The summed E-state index contributed by atoms with van der Waals surface area (Å²) in [7, 11) is 0. The van der Waals surface area contributed by atoms with Crippen molar-refractivity contribution in [2.75, 3.05) is 19.0 Å². The summed E-state index contributed by atoms with van der Waals surface area (Å²) in [5.41, 5.74) is 0.663. The molecule has 2 heterocycles. The SMILES string of the molecule is CC(C)(C)c1nnsc1C(=O)N1CCC(CCCl)C1. The Hall–Kier alpha value is -0.680. The Morgan fingerprint density at radius 2 is 2.26 bits per heavy atom. The van der Waals surface area contributed by atoms with Crippen LogP contribution in [0.15, 0.2) is 0 Å². The highest BCUT2D eigenvalue weighted by Crippen LogP contribution is 2.29. The van der Waals surface area contributed by atoms with Crippen LogP contribution in [0.5, 0.6) is 0 Å². The summed E-state index contributed by atoms with van der Waals surface area (Å²) in [6.45, 7) is 7.80. The van der Waals surface area contributed by atoms with Crippen LogP contribution in [0.1, 0.15) is 49.0 Å². The molecule has 4 nitrogen and oxygen atoms in total. The summed E-state index contributed by atoms with van der Waals surface area (Å²) in [6, 6.07) is 0. The standard InChI is InChI=1S/C13H20ClN3OS/c1-13(2,3)11-10(19-16-15-11)12(18)17-7-5-9(8-17)4-6-14/h9H,4-8H2,1-3H3. The molecule has 1 atom stereocenters. The summed E-state index contributed by atoms with van der Waals surface area (Å²) in [4.78, 5) is 15.2. The Bertz CT molecular complexity index is 455. The third-order valence-electron chi connectivity index (χ3n) is 3.48. The first-order valence-corrected chi connectivity index (χ1v) is 7.92. The molecular weight excluding hydrogens is 282 g/mol. The number of halogens is 1. The van der Waals surface area contributed by atoms with Crippen molar-refractivity contribution in [2.24, 2.45) is 5.92 Å². The molecule has 2 rings (SSSR count). The maximum atomic E-state index is 12.5. The second kappa shape index (κ2) is 5.75. The zero-order valence-electron chi connectivity index (χ0n) is 11.6. The highest BCUT2D eigenvalue weighted by Gasteiger charge is 2.32. The molecule has 106 valence electrons. The van der Waals surface area contributed by atoms with Crippen molar-refractivity contribution in [3.63, 3.8) is 0 Å². The zero-order chi connectivity index (χ0) is 14.0. The van der Waals surface area contributed by atoms with Crippen molar-refractivity contribution in [1.29, 1.82) is 0 Å². The number of alkyl halides is 1. The fourth-order valence-electron chi connectivity index (χ4n) is 2.37. The van der Waals surface area contributed by atoms with Crippen LogP contribution >= 0.6 is 23.1 Å². The number of carbonyl (C=O) groups is 1. The fourth-order valence-corrected chi connectivity index (χ4v) is 3.53. The molecule has 19 heavy (non-hydrogen) atoms. The quantitative estimate of drug-likeness (QED) is 0.806. The lowest BCUT2D eigenvalue weighted by Crippen LogP contribution is -2.30. The van der Waals surface area contributed by atoms with E-state index in [0.29, 0.717) is 16.7 Å². The molecule has 0 radical (unpaired) electrons. The minimum atomic E-state index is -0.146. The Morgan fingerprint density at radius 3 is 2.89 bits per heavy atom. The molecule has 1 unspecified atom stereocenters. The van der Waals surface area contributed by atoms with E-state index in [0.717, 1.165) is 31.6 Å². The van der Waals surface area contributed by atoms with Gasteiger partial charge in [0.05, 0.1) is 5.69 Å². The van der Waals surface area contributed by atoms with E-state index in [1.165, 1.54) is 11.5 Å². The van der Waals surface area contributed by atoms with Crippen LogP contribution in [0.25, 0.3) is 0 Å². The average Bonchev–Trinajstić information content (AvgIpc) is 2.95. The van der Waals surface area contributed by atoms with E-state index in [1.54, 1.807) is 0 Å². The molecule has 1 fully saturated rings. The molecule has 6 heteroatoms. The topological polar surface area (TPSA) is 46.1 Å². The van der Waals surface area contributed by atoms with Crippen LogP contribution in [-0.4, -0.2) is 39.4 Å². The number of nitrogens with zero attached hydrogens (tertiary/aromatic N) is 3. The Morgan fingerprint density at radius 1 is 1.53 bits per heavy atom. The number of hydrogen-bond acceptors (Lipinski definition) is 4. The van der Waals surface area contributed by atoms with E-state index < -0.39 is 0 Å². The smallest absolute Gasteiger partial charge is 0.267 e. The maximum Gasteiger partial charge on any atom is 0.267 e. The second-order valence-electron chi connectivity index (χ2n) is 6.08. The molecular formula is C13H20ClN3OS. The van der Waals surface area contributed by atoms with Gasteiger partial charge in [-0.1, -0.05) is 25.3 Å². The molecule has 0 bridgehead atoms. The summed E-state index contributed by atoms with van der Waals surface area (Å²) < 4.78 is 3.96. The van der Waals surface area contributed by atoms with Crippen LogP contribution in [0.3, 0.4) is 0 Å². The minimum Gasteiger partial charge on any atom is -0.338 e. The monoisotopic (exact) mass is 301 g/mol. The normalized spacial score (nSPS) is 20.0. The number of amides is 1. The highest BCUT2D eigenvalue weighted by atomic mass is 35.5. The van der Waals surface area contributed by atoms with Gasteiger partial charge in [0.15, 0.2) is 0 Å². The zero-order valence-corrected chi connectivity index (χ0v) is 13.2. The van der Waals surface area contributed by atoms with E-state index >= 15 is 0 Å². The molecule has 0 spiro atoms. The first-order chi connectivity index (χ1) is 8.93. The van der Waals surface area contributed by atoms with Gasteiger partial charge in [0.2, 0.25) is 0 Å². The van der Waals surface area contributed by atoms with Crippen molar-refractivity contribution < 1.29 is 4.79 Å². The third kappa shape index (κ3) is 3.26. The van der Waals surface area contributed by atoms with Gasteiger partial charge in [0.25, 0.3) is 5.91 Å². The second-order valence-corrected chi connectivity index (χ2v) is 7.22. The largest absolute Gasteiger partial charge is 0.338 e. The predicted molar refractivity (Wildman–Crippen MR) is 78.0 cm³/mol. The van der Waals surface area contributed by atoms with Gasteiger partial charge in [-0.25, -0.2) is 0 Å². The van der Waals surface area contributed by atoms with Gasteiger partial charge in [0.1, 0.15) is 4.88 Å². The van der Waals surface area contributed by atoms with E-state index in [1.807, 2.05) is 4.90 Å². The molecule has 1 aliphatic heterocycles. The van der Waals surface area contributed by atoms with Crippen molar-refractivity contribution in [3.05, 3.63) is 10.6 Å². The summed E-state index contributed by atoms with van der Waals surface area (Å²) in [5, 5.41) is 4.14. The molecule has 1 aromatic rings. The van der Waals surface area contributed by atoms with Crippen molar-refractivity contribution in [3.8, 4) is 0 Å².